The van der Waals surface area contributed by atoms with Crippen molar-refractivity contribution in [3.63, 3.8) is 0 Å². The zero-order valence-corrected chi connectivity index (χ0v) is 44.1. The van der Waals surface area contributed by atoms with E-state index in [0.717, 1.165) is 39.7 Å². The molecule has 0 saturated carbocycles. The largest absolute Gasteiger partial charge is 0.480 e. The molecule has 0 spiro atoms. The van der Waals surface area contributed by atoms with E-state index in [1.54, 1.807) is 70.8 Å². The van der Waals surface area contributed by atoms with Crippen LogP contribution in [0.5, 0.6) is 0 Å². The van der Waals surface area contributed by atoms with Gasteiger partial charge in [0.2, 0.25) is 23.6 Å². The Morgan fingerprint density at radius 2 is 1.32 bits per heavy atom. The molecule has 74 heavy (non-hydrogen) atoms. The van der Waals surface area contributed by atoms with E-state index in [4.69, 9.17) is 9.47 Å². The van der Waals surface area contributed by atoms with Crippen LogP contribution in [0.4, 0.5) is 11.4 Å². The molecule has 9 atom stereocenters. The molecule has 9 amide bonds. The van der Waals surface area contributed by atoms with Crippen molar-refractivity contribution in [3.8, 4) is 0 Å². The van der Waals surface area contributed by atoms with Gasteiger partial charge in [0.15, 0.2) is 0 Å². The molecule has 0 aliphatic carbocycles. The van der Waals surface area contributed by atoms with E-state index in [-0.39, 0.29) is 41.6 Å². The van der Waals surface area contributed by atoms with Crippen molar-refractivity contribution < 1.29 is 62.5 Å². The third kappa shape index (κ3) is 12.8. The van der Waals surface area contributed by atoms with E-state index in [1.165, 1.54) is 49.3 Å². The quantitative estimate of drug-likeness (QED) is 0.128. The van der Waals surface area contributed by atoms with E-state index < -0.39 is 113 Å². The van der Waals surface area contributed by atoms with Gasteiger partial charge in [-0.15, -0.1) is 0 Å². The number of likely N-dealkylation sites (N-methyl/N-ethyl adjacent to an activating group) is 2. The highest BCUT2D eigenvalue weighted by Crippen LogP contribution is 2.36. The molecule has 0 bridgehead atoms. The first kappa shape index (κ1) is 57.8. The molecule has 2 unspecified atom stereocenters. The first-order valence-corrected chi connectivity index (χ1v) is 25.0. The third-order valence-corrected chi connectivity index (χ3v) is 14.3. The van der Waals surface area contributed by atoms with Gasteiger partial charge in [0.25, 0.3) is 29.5 Å². The monoisotopic (exact) mass is 1030 g/mol. The van der Waals surface area contributed by atoms with Crippen LogP contribution in [-0.4, -0.2) is 156 Å². The number of aliphatic carboxylic acids is 1. The molecule has 400 valence electrons. The van der Waals surface area contributed by atoms with Crippen LogP contribution in [-0.2, 0) is 59.0 Å². The van der Waals surface area contributed by atoms with Crippen LogP contribution in [0, 0.1) is 23.7 Å². The molecule has 20 heteroatoms. The normalized spacial score (nSPS) is 18.8. The molecular formula is C54H71N7O13. The van der Waals surface area contributed by atoms with Gasteiger partial charge in [-0.2, -0.15) is 0 Å². The van der Waals surface area contributed by atoms with Crippen molar-refractivity contribution in [2.45, 2.75) is 123 Å². The van der Waals surface area contributed by atoms with Crippen molar-refractivity contribution in [3.05, 3.63) is 84.0 Å². The summed E-state index contributed by atoms with van der Waals surface area (Å²) in [7, 11) is 5.92. The Balaban J connectivity index is 1.32. The number of likely N-dealkylation sites (tertiary alicyclic amines) is 1. The number of benzene rings is 2. The summed E-state index contributed by atoms with van der Waals surface area (Å²) in [6.45, 7) is 12.9. The number of rotatable bonds is 24. The van der Waals surface area contributed by atoms with Gasteiger partial charge in [-0.25, -0.2) is 14.6 Å². The standard InChI is InChI=1S/C54H71N7O13/c1-12-32(6)48(40(73-10)29-45(66)59-26-16-19-38(59)49(74-11)33(7)50(67)55-36(54(71)72)27-34-17-14-13-15-18-34)58(9)53(70)46(30(2)3)56-51(68)47(31(4)5)57(8)52(69)35-20-21-37(60-41(62)22-23-42(60)63)39(28-35)61-43(64)24-25-44(61)65/h13-15,17-18,20-25,28,30-33,36,38,40,46-49H,12,16,19,26-27,29H2,1-11H3,(H,55,67)(H,56,68)(H,71,72)/t32-,33+,36?,38-,40+,46-,47?,48-,49+/m0/s1. The summed E-state index contributed by atoms with van der Waals surface area (Å²) in [6, 6.07) is 8.10. The summed E-state index contributed by atoms with van der Waals surface area (Å²) in [6.07, 6.45) is 4.20. The smallest absolute Gasteiger partial charge is 0.326 e. The van der Waals surface area contributed by atoms with E-state index in [9.17, 15) is 53.1 Å². The van der Waals surface area contributed by atoms with Gasteiger partial charge < -0.3 is 39.9 Å². The lowest BCUT2D eigenvalue weighted by Gasteiger charge is -2.41. The van der Waals surface area contributed by atoms with Crippen LogP contribution in [0.25, 0.3) is 0 Å². The third-order valence-electron chi connectivity index (χ3n) is 14.3. The zero-order valence-electron chi connectivity index (χ0n) is 44.1. The van der Waals surface area contributed by atoms with Gasteiger partial charge in [0.05, 0.1) is 48.0 Å². The number of amides is 9. The fraction of sp³-hybridized carbons (Fsp3) is 0.519. The summed E-state index contributed by atoms with van der Waals surface area (Å²) in [5.74, 6) is -8.79. The fourth-order valence-electron chi connectivity index (χ4n) is 10.2. The summed E-state index contributed by atoms with van der Waals surface area (Å²) in [5, 5.41) is 15.5. The van der Waals surface area contributed by atoms with Gasteiger partial charge in [0.1, 0.15) is 18.1 Å². The zero-order chi connectivity index (χ0) is 54.9. The maximum absolute atomic E-state index is 14.8. The highest BCUT2D eigenvalue weighted by molar-refractivity contribution is 6.33. The highest BCUT2D eigenvalue weighted by atomic mass is 16.5. The minimum atomic E-state index is -1.19. The predicted octanol–water partition coefficient (Wildman–Crippen LogP) is 3.52. The topological polar surface area (TPSA) is 250 Å². The fourth-order valence-corrected chi connectivity index (χ4v) is 10.2. The maximum atomic E-state index is 14.8. The molecule has 1 saturated heterocycles. The Morgan fingerprint density at radius 3 is 1.84 bits per heavy atom. The Labute approximate surface area is 432 Å². The number of ether oxygens (including phenoxy) is 2. The van der Waals surface area contributed by atoms with Gasteiger partial charge in [0, 0.05) is 71.1 Å². The van der Waals surface area contributed by atoms with Gasteiger partial charge in [-0.3, -0.25) is 43.2 Å². The Morgan fingerprint density at radius 1 is 0.743 bits per heavy atom. The van der Waals surface area contributed by atoms with Gasteiger partial charge in [-0.05, 0) is 54.4 Å². The molecule has 0 radical (unpaired) electrons. The number of anilines is 2. The number of carbonyl (C=O) groups excluding carboxylic acids is 9. The second-order valence-electron chi connectivity index (χ2n) is 19.9. The van der Waals surface area contributed by atoms with Crippen molar-refractivity contribution in [2.24, 2.45) is 23.7 Å². The summed E-state index contributed by atoms with van der Waals surface area (Å²) < 4.78 is 11.9. The number of nitrogens with zero attached hydrogens (tertiary/aromatic N) is 5. The number of carbonyl (C=O) groups is 10. The van der Waals surface area contributed by atoms with Crippen LogP contribution in [0.3, 0.4) is 0 Å². The number of carboxylic acid groups (broad SMARTS) is 1. The number of hydrogen-bond donors (Lipinski definition) is 3. The Hall–Kier alpha value is -7.06. The average Bonchev–Trinajstić information content (AvgIpc) is 4.08. The molecule has 3 aliphatic heterocycles. The molecule has 3 heterocycles. The predicted molar refractivity (Wildman–Crippen MR) is 273 cm³/mol. The second-order valence-corrected chi connectivity index (χ2v) is 19.9. The average molecular weight is 1030 g/mol. The minimum Gasteiger partial charge on any atom is -0.480 e. The maximum Gasteiger partial charge on any atom is 0.326 e. The molecule has 5 rings (SSSR count). The summed E-state index contributed by atoms with van der Waals surface area (Å²) in [5.41, 5.74) is 0.373. The number of methoxy groups -OCH3 is 2. The molecule has 1 fully saturated rings. The molecule has 0 aromatic heterocycles. The summed E-state index contributed by atoms with van der Waals surface area (Å²) in [4.78, 5) is 141. The number of hydrogen-bond acceptors (Lipinski definition) is 12. The van der Waals surface area contributed by atoms with Crippen LogP contribution in [0.1, 0.15) is 90.1 Å². The van der Waals surface area contributed by atoms with Gasteiger partial charge in [-0.1, -0.05) is 85.2 Å². The first-order valence-electron chi connectivity index (χ1n) is 25.0. The lowest BCUT2D eigenvalue weighted by Crippen LogP contribution is -2.60. The summed E-state index contributed by atoms with van der Waals surface area (Å²) >= 11 is 0. The number of carboxylic acids is 1. The molecule has 20 nitrogen and oxygen atoms in total. The van der Waals surface area contributed by atoms with E-state index in [1.807, 2.05) is 19.9 Å². The first-order chi connectivity index (χ1) is 35.0. The van der Waals surface area contributed by atoms with E-state index >= 15 is 0 Å². The van der Waals surface area contributed by atoms with Crippen molar-refractivity contribution in [1.29, 1.82) is 0 Å². The van der Waals surface area contributed by atoms with Crippen LogP contribution >= 0.6 is 0 Å². The Kier molecular flexibility index (Phi) is 19.7. The SMILES string of the molecule is CC[C@H](C)[C@@H]([C@@H](CC(=O)N1CCC[C@H]1[C@H](OC)[C@@H](C)C(=O)NC(Cc1ccccc1)C(=O)O)OC)N(C)C(=O)[C@@H](NC(=O)C(C(C)C)N(C)C(=O)c1ccc(N2C(=O)C=CC2=O)c(N2C(=O)C=CC2=O)c1)C(C)C. The molecular weight excluding hydrogens is 955 g/mol. The van der Waals surface area contributed by atoms with Crippen LogP contribution in [0.15, 0.2) is 72.8 Å². The number of nitrogens with one attached hydrogen (secondary N) is 2. The van der Waals surface area contributed by atoms with Crippen LogP contribution in [0.2, 0.25) is 0 Å². The van der Waals surface area contributed by atoms with Crippen molar-refractivity contribution >= 4 is 70.5 Å². The molecule has 3 aliphatic rings. The van der Waals surface area contributed by atoms with E-state index in [0.29, 0.717) is 25.8 Å². The number of imide groups is 2. The molecule has 2 aromatic rings. The lowest BCUT2D eigenvalue weighted by atomic mass is 9.89. The minimum absolute atomic E-state index is 0.0709. The van der Waals surface area contributed by atoms with Crippen molar-refractivity contribution in [1.82, 2.24) is 25.3 Å². The molecule has 3 N–H and O–H groups in total. The van der Waals surface area contributed by atoms with Gasteiger partial charge >= 0.3 is 5.97 Å². The van der Waals surface area contributed by atoms with E-state index in [2.05, 4.69) is 10.6 Å². The van der Waals surface area contributed by atoms with Crippen molar-refractivity contribution in [2.75, 3.05) is 44.7 Å². The Bertz CT molecular complexity index is 2490. The highest BCUT2D eigenvalue weighted by Gasteiger charge is 2.44. The lowest BCUT2D eigenvalue weighted by molar-refractivity contribution is -0.148. The van der Waals surface area contributed by atoms with Crippen LogP contribution < -0.4 is 20.4 Å². The second kappa shape index (κ2) is 25.3. The molecule has 2 aromatic carbocycles.